The van der Waals surface area contributed by atoms with E-state index in [0.717, 1.165) is 12.8 Å². The molecule has 4 heteroatoms. The minimum Gasteiger partial charge on any atom is -0.481 e. The van der Waals surface area contributed by atoms with Crippen molar-refractivity contribution in [2.24, 2.45) is 0 Å². The molecule has 1 aliphatic carbocycles. The molecule has 0 aromatic rings. The fourth-order valence-electron chi connectivity index (χ4n) is 0.850. The predicted molar refractivity (Wildman–Crippen MR) is 46.4 cm³/mol. The molecule has 0 aromatic heterocycles. The lowest BCUT2D eigenvalue weighted by Gasteiger charge is -2.04. The van der Waals surface area contributed by atoms with Crippen molar-refractivity contribution in [2.75, 3.05) is 0 Å². The summed E-state index contributed by atoms with van der Waals surface area (Å²) in [6, 6.07) is 0. The molecule has 1 fully saturated rings. The Kier molecular flexibility index (Phi) is 5.76. The van der Waals surface area contributed by atoms with Crippen molar-refractivity contribution in [1.82, 2.24) is 0 Å². The van der Waals surface area contributed by atoms with Gasteiger partial charge in [0.25, 0.3) is 0 Å². The van der Waals surface area contributed by atoms with Crippen LogP contribution in [0.4, 0.5) is 0 Å². The van der Waals surface area contributed by atoms with Gasteiger partial charge in [0.15, 0.2) is 11.6 Å². The van der Waals surface area contributed by atoms with Gasteiger partial charge in [-0.25, -0.2) is 0 Å². The summed E-state index contributed by atoms with van der Waals surface area (Å²) in [6.07, 6.45) is 3.01. The first-order valence-electron chi connectivity index (χ1n) is 4.35. The Hall–Kier alpha value is -1.19. The van der Waals surface area contributed by atoms with Crippen LogP contribution in [0, 0.1) is 0 Å². The Bertz CT molecular complexity index is 192. The highest BCUT2D eigenvalue weighted by Crippen LogP contribution is 2.09. The summed E-state index contributed by atoms with van der Waals surface area (Å²) >= 11 is 0. The molecule has 0 radical (unpaired) electrons. The third-order valence-electron chi connectivity index (χ3n) is 1.67. The van der Waals surface area contributed by atoms with Crippen molar-refractivity contribution < 1.29 is 19.5 Å². The third kappa shape index (κ3) is 6.02. The summed E-state index contributed by atoms with van der Waals surface area (Å²) in [5.74, 6) is -1.09. The zero-order chi connectivity index (χ0) is 10.3. The molecule has 0 aliphatic heterocycles. The van der Waals surface area contributed by atoms with Crippen LogP contribution in [0.15, 0.2) is 0 Å². The Morgan fingerprint density at radius 1 is 1.23 bits per heavy atom. The molecule has 0 unspecified atom stereocenters. The number of carbonyl (C=O) groups excluding carboxylic acids is 2. The van der Waals surface area contributed by atoms with Crippen molar-refractivity contribution in [3.05, 3.63) is 0 Å². The van der Waals surface area contributed by atoms with E-state index in [9.17, 15) is 14.4 Å². The summed E-state index contributed by atoms with van der Waals surface area (Å²) in [7, 11) is 0. The van der Waals surface area contributed by atoms with E-state index in [-0.39, 0.29) is 18.0 Å². The summed E-state index contributed by atoms with van der Waals surface area (Å²) in [5, 5.41) is 7.72. The summed E-state index contributed by atoms with van der Waals surface area (Å²) in [6.45, 7) is 1.60. The van der Waals surface area contributed by atoms with Crippen LogP contribution >= 0.6 is 0 Å². The molecule has 13 heavy (non-hydrogen) atoms. The third-order valence-corrected chi connectivity index (χ3v) is 1.67. The number of carboxylic acid groups (broad SMARTS) is 1. The standard InChI is InChI=1S/C6H8O2.C3H6O2/c7-5-3-1-2-4-6(5)8;1-2-3(4)5/h1-4H2;2H2,1H3,(H,4,5). The normalized spacial score (nSPS) is 16.1. The Morgan fingerprint density at radius 3 is 1.69 bits per heavy atom. The van der Waals surface area contributed by atoms with E-state index in [0.29, 0.717) is 12.8 Å². The first-order chi connectivity index (χ1) is 6.07. The van der Waals surface area contributed by atoms with Crippen molar-refractivity contribution in [3.8, 4) is 0 Å². The molecule has 0 bridgehead atoms. The van der Waals surface area contributed by atoms with Crippen LogP contribution in [-0.2, 0) is 14.4 Å². The van der Waals surface area contributed by atoms with E-state index >= 15 is 0 Å². The molecular formula is C9H14O4. The van der Waals surface area contributed by atoms with E-state index in [4.69, 9.17) is 5.11 Å². The zero-order valence-corrected chi connectivity index (χ0v) is 7.71. The van der Waals surface area contributed by atoms with Crippen molar-refractivity contribution >= 4 is 17.5 Å². The maximum Gasteiger partial charge on any atom is 0.303 e. The minimum absolute atomic E-state index is 0.170. The fourth-order valence-corrected chi connectivity index (χ4v) is 0.850. The Morgan fingerprint density at radius 2 is 1.54 bits per heavy atom. The van der Waals surface area contributed by atoms with Gasteiger partial charge in [-0.1, -0.05) is 6.92 Å². The smallest absolute Gasteiger partial charge is 0.303 e. The summed E-state index contributed by atoms with van der Waals surface area (Å²) in [4.78, 5) is 30.3. The number of aliphatic carboxylic acids is 1. The molecule has 0 atom stereocenters. The van der Waals surface area contributed by atoms with Gasteiger partial charge < -0.3 is 5.11 Å². The fraction of sp³-hybridized carbons (Fsp3) is 0.667. The maximum atomic E-state index is 10.4. The van der Waals surface area contributed by atoms with Crippen LogP contribution in [0.2, 0.25) is 0 Å². The lowest BCUT2D eigenvalue weighted by atomic mass is 9.98. The number of ketones is 2. The number of rotatable bonds is 1. The van der Waals surface area contributed by atoms with Crippen molar-refractivity contribution in [3.63, 3.8) is 0 Å². The number of Topliss-reactive ketones (excluding diaryl/α,β-unsaturated/α-hetero) is 2. The maximum absolute atomic E-state index is 10.4. The van der Waals surface area contributed by atoms with Gasteiger partial charge in [-0.15, -0.1) is 0 Å². The highest BCUT2D eigenvalue weighted by Gasteiger charge is 2.16. The second kappa shape index (κ2) is 6.34. The first kappa shape index (κ1) is 11.8. The predicted octanol–water partition coefficient (Wildman–Crippen LogP) is 1.18. The van der Waals surface area contributed by atoms with Gasteiger partial charge in [0.05, 0.1) is 0 Å². The molecule has 1 N–H and O–H groups in total. The highest BCUT2D eigenvalue weighted by molar-refractivity contribution is 6.37. The summed E-state index contributed by atoms with van der Waals surface area (Å²) in [5.41, 5.74) is 0. The SMILES string of the molecule is CCC(=O)O.O=C1CCCCC1=O. The van der Waals surface area contributed by atoms with Crippen LogP contribution in [0.1, 0.15) is 39.0 Å². The monoisotopic (exact) mass is 186 g/mol. The lowest BCUT2D eigenvalue weighted by Crippen LogP contribution is -2.17. The van der Waals surface area contributed by atoms with Crippen LogP contribution < -0.4 is 0 Å². The van der Waals surface area contributed by atoms with Crippen molar-refractivity contribution in [2.45, 2.75) is 39.0 Å². The highest BCUT2D eigenvalue weighted by atomic mass is 16.4. The number of carbonyl (C=O) groups is 3. The average molecular weight is 186 g/mol. The van der Waals surface area contributed by atoms with Crippen molar-refractivity contribution in [1.29, 1.82) is 0 Å². The second-order valence-corrected chi connectivity index (χ2v) is 2.80. The van der Waals surface area contributed by atoms with E-state index in [1.165, 1.54) is 0 Å². The van der Waals surface area contributed by atoms with Gasteiger partial charge in [-0.2, -0.15) is 0 Å². The van der Waals surface area contributed by atoms with Crippen LogP contribution in [0.25, 0.3) is 0 Å². The summed E-state index contributed by atoms with van der Waals surface area (Å²) < 4.78 is 0. The van der Waals surface area contributed by atoms with Gasteiger partial charge in [0.2, 0.25) is 0 Å². The van der Waals surface area contributed by atoms with Gasteiger partial charge >= 0.3 is 5.97 Å². The molecule has 0 spiro atoms. The van der Waals surface area contributed by atoms with Crippen LogP contribution in [0.5, 0.6) is 0 Å². The molecule has 0 heterocycles. The molecule has 1 aliphatic rings. The number of hydrogen-bond acceptors (Lipinski definition) is 3. The van der Waals surface area contributed by atoms with Gasteiger partial charge in [-0.3, -0.25) is 14.4 Å². The Balaban J connectivity index is 0.000000252. The van der Waals surface area contributed by atoms with Crippen LogP contribution in [-0.4, -0.2) is 22.6 Å². The Labute approximate surface area is 76.9 Å². The van der Waals surface area contributed by atoms with E-state index in [1.54, 1.807) is 6.92 Å². The van der Waals surface area contributed by atoms with E-state index in [2.05, 4.69) is 0 Å². The molecule has 4 nitrogen and oxygen atoms in total. The largest absolute Gasteiger partial charge is 0.481 e. The van der Waals surface area contributed by atoms with Crippen LogP contribution in [0.3, 0.4) is 0 Å². The molecule has 1 saturated carbocycles. The number of hydrogen-bond donors (Lipinski definition) is 1. The lowest BCUT2D eigenvalue weighted by molar-refractivity contribution is -0.137. The average Bonchev–Trinajstić information content (AvgIpc) is 2.11. The van der Waals surface area contributed by atoms with E-state index < -0.39 is 5.97 Å². The zero-order valence-electron chi connectivity index (χ0n) is 7.71. The molecule has 0 aromatic carbocycles. The number of carboxylic acids is 1. The minimum atomic E-state index is -0.745. The quantitative estimate of drug-likeness (QED) is 0.624. The topological polar surface area (TPSA) is 71.4 Å². The molecule has 0 saturated heterocycles. The van der Waals surface area contributed by atoms with Gasteiger partial charge in [0.1, 0.15) is 0 Å². The molecule has 1 rings (SSSR count). The molecule has 0 amide bonds. The van der Waals surface area contributed by atoms with Gasteiger partial charge in [-0.05, 0) is 12.8 Å². The van der Waals surface area contributed by atoms with E-state index in [1.807, 2.05) is 0 Å². The molecule has 74 valence electrons. The second-order valence-electron chi connectivity index (χ2n) is 2.80. The first-order valence-corrected chi connectivity index (χ1v) is 4.35. The molecular weight excluding hydrogens is 172 g/mol. The van der Waals surface area contributed by atoms with Gasteiger partial charge in [0, 0.05) is 19.3 Å².